The lowest BCUT2D eigenvalue weighted by Gasteiger charge is -2.21. The van der Waals surface area contributed by atoms with Gasteiger partial charge in [-0.15, -0.1) is 11.3 Å². The minimum absolute atomic E-state index is 0.0911. The molecule has 1 saturated carbocycles. The van der Waals surface area contributed by atoms with Gasteiger partial charge in [0, 0.05) is 0 Å². The number of carbonyl (C=O) groups is 3. The third-order valence-corrected chi connectivity index (χ3v) is 7.12. The van der Waals surface area contributed by atoms with Crippen molar-refractivity contribution in [2.75, 3.05) is 11.9 Å². The normalized spacial score (nSPS) is 14.0. The number of benzene rings is 1. The lowest BCUT2D eigenvalue weighted by atomic mass is 9.98. The van der Waals surface area contributed by atoms with E-state index >= 15 is 0 Å². The molecule has 2 aromatic heterocycles. The second kappa shape index (κ2) is 10.8. The van der Waals surface area contributed by atoms with E-state index in [1.807, 2.05) is 0 Å². The lowest BCUT2D eigenvalue weighted by molar-refractivity contribution is -0.116. The molecule has 10 heteroatoms. The minimum atomic E-state index is -0.551. The highest BCUT2D eigenvalue weighted by molar-refractivity contribution is 7.20. The van der Waals surface area contributed by atoms with Crippen LogP contribution in [0.4, 0.5) is 5.69 Å². The first kappa shape index (κ1) is 24.6. The number of amides is 1. The van der Waals surface area contributed by atoms with Crippen LogP contribution in [0, 0.1) is 6.92 Å². The van der Waals surface area contributed by atoms with Crippen LogP contribution in [-0.2, 0) is 20.8 Å². The zero-order valence-corrected chi connectivity index (χ0v) is 20.5. The Morgan fingerprint density at radius 2 is 1.89 bits per heavy atom. The molecule has 0 aliphatic heterocycles. The maximum Gasteiger partial charge on any atom is 0.348 e. The van der Waals surface area contributed by atoms with Crippen molar-refractivity contribution in [2.45, 2.75) is 58.6 Å². The summed E-state index contributed by atoms with van der Waals surface area (Å²) in [7, 11) is 0. The number of hydrogen-bond donors (Lipinski definition) is 1. The second-order valence-corrected chi connectivity index (χ2v) is 9.39. The van der Waals surface area contributed by atoms with Crippen LogP contribution in [0.2, 0.25) is 0 Å². The van der Waals surface area contributed by atoms with Gasteiger partial charge in [0.25, 0.3) is 5.56 Å². The fourth-order valence-corrected chi connectivity index (χ4v) is 5.20. The van der Waals surface area contributed by atoms with Gasteiger partial charge >= 0.3 is 11.9 Å². The van der Waals surface area contributed by atoms with E-state index in [4.69, 9.17) is 9.47 Å². The van der Waals surface area contributed by atoms with E-state index < -0.39 is 23.4 Å². The van der Waals surface area contributed by atoms with E-state index in [2.05, 4.69) is 10.3 Å². The Morgan fingerprint density at radius 1 is 1.14 bits per heavy atom. The van der Waals surface area contributed by atoms with Gasteiger partial charge in [-0.05, 0) is 57.2 Å². The summed E-state index contributed by atoms with van der Waals surface area (Å²) in [5.41, 5.74) is 0.593. The van der Waals surface area contributed by atoms with E-state index in [0.29, 0.717) is 20.7 Å². The Morgan fingerprint density at radius 3 is 2.63 bits per heavy atom. The van der Waals surface area contributed by atoms with Gasteiger partial charge in [0.05, 0.1) is 29.6 Å². The molecular formula is C25H27N3O6S. The Bertz CT molecular complexity index is 1320. The summed E-state index contributed by atoms with van der Waals surface area (Å²) in [5, 5.41) is 2.96. The van der Waals surface area contributed by atoms with Crippen LogP contribution >= 0.6 is 11.3 Å². The number of fused-ring (bicyclic) bond motifs is 1. The van der Waals surface area contributed by atoms with Crippen LogP contribution in [0.3, 0.4) is 0 Å². The van der Waals surface area contributed by atoms with Gasteiger partial charge < -0.3 is 14.8 Å². The molecule has 0 bridgehead atoms. The summed E-state index contributed by atoms with van der Waals surface area (Å²) < 4.78 is 11.9. The standard InChI is InChI=1S/C25H27N3O6S/c1-3-33-24(31)17-11-7-8-12-18(17)27-19(29)13-28-14-26-22-20(23(28)30)15(2)21(35-22)25(32)34-16-9-5-4-6-10-16/h7-8,11-12,14,16H,3-6,9-10,13H2,1-2H3,(H,27,29). The molecule has 0 atom stereocenters. The lowest BCUT2D eigenvalue weighted by Crippen LogP contribution is -2.28. The number of esters is 2. The number of rotatable bonds is 7. The number of nitrogens with one attached hydrogen (secondary N) is 1. The number of para-hydroxylation sites is 1. The van der Waals surface area contributed by atoms with Crippen molar-refractivity contribution in [3.05, 3.63) is 57.0 Å². The second-order valence-electron chi connectivity index (χ2n) is 8.39. The molecule has 2 heterocycles. The number of thiophene rings is 1. The molecule has 184 valence electrons. The van der Waals surface area contributed by atoms with E-state index in [9.17, 15) is 19.2 Å². The monoisotopic (exact) mass is 497 g/mol. The van der Waals surface area contributed by atoms with E-state index in [0.717, 1.165) is 43.4 Å². The molecule has 0 unspecified atom stereocenters. The highest BCUT2D eigenvalue weighted by Crippen LogP contribution is 2.29. The van der Waals surface area contributed by atoms with Crippen molar-refractivity contribution < 1.29 is 23.9 Å². The van der Waals surface area contributed by atoms with Gasteiger partial charge in [0.15, 0.2) is 0 Å². The highest BCUT2D eigenvalue weighted by Gasteiger charge is 2.24. The summed E-state index contributed by atoms with van der Waals surface area (Å²) in [6.45, 7) is 3.29. The van der Waals surface area contributed by atoms with Crippen molar-refractivity contribution in [3.63, 3.8) is 0 Å². The smallest absolute Gasteiger partial charge is 0.348 e. The van der Waals surface area contributed by atoms with E-state index in [1.165, 1.54) is 10.9 Å². The molecule has 3 aromatic rings. The largest absolute Gasteiger partial charge is 0.462 e. The van der Waals surface area contributed by atoms with E-state index in [1.54, 1.807) is 38.1 Å². The molecule has 35 heavy (non-hydrogen) atoms. The Balaban J connectivity index is 1.53. The summed E-state index contributed by atoms with van der Waals surface area (Å²) in [5.74, 6) is -1.49. The molecule has 0 spiro atoms. The third-order valence-electron chi connectivity index (χ3n) is 5.94. The number of aromatic nitrogens is 2. The molecule has 1 fully saturated rings. The number of nitrogens with zero attached hydrogens (tertiary/aromatic N) is 2. The molecule has 9 nitrogen and oxygen atoms in total. The van der Waals surface area contributed by atoms with Crippen molar-refractivity contribution in [1.82, 2.24) is 9.55 Å². The van der Waals surface area contributed by atoms with Crippen LogP contribution in [0.15, 0.2) is 35.4 Å². The topological polar surface area (TPSA) is 117 Å². The van der Waals surface area contributed by atoms with Crippen LogP contribution in [0.5, 0.6) is 0 Å². The summed E-state index contributed by atoms with van der Waals surface area (Å²) in [6.07, 6.45) is 6.15. The quantitative estimate of drug-likeness (QED) is 0.489. The van der Waals surface area contributed by atoms with Gasteiger partial charge in [-0.2, -0.15) is 0 Å². The van der Waals surface area contributed by atoms with Gasteiger partial charge in [0.2, 0.25) is 5.91 Å². The predicted molar refractivity (Wildman–Crippen MR) is 132 cm³/mol. The third kappa shape index (κ3) is 5.43. The molecule has 1 N–H and O–H groups in total. The first-order valence-corrected chi connectivity index (χ1v) is 12.5. The van der Waals surface area contributed by atoms with Gasteiger partial charge in [-0.25, -0.2) is 14.6 Å². The first-order valence-electron chi connectivity index (χ1n) is 11.6. The number of hydrogen-bond acceptors (Lipinski definition) is 8. The molecule has 0 radical (unpaired) electrons. The van der Waals surface area contributed by atoms with Crippen molar-refractivity contribution in [3.8, 4) is 0 Å². The van der Waals surface area contributed by atoms with Gasteiger partial charge in [0.1, 0.15) is 22.4 Å². The summed E-state index contributed by atoms with van der Waals surface area (Å²) >= 11 is 1.12. The summed E-state index contributed by atoms with van der Waals surface area (Å²) in [4.78, 5) is 55.8. The van der Waals surface area contributed by atoms with E-state index in [-0.39, 0.29) is 30.5 Å². The Hall–Kier alpha value is -3.53. The zero-order chi connectivity index (χ0) is 24.9. The molecule has 1 aliphatic rings. The van der Waals surface area contributed by atoms with Crippen LogP contribution < -0.4 is 10.9 Å². The first-order chi connectivity index (χ1) is 16.9. The fourth-order valence-electron chi connectivity index (χ4n) is 4.18. The minimum Gasteiger partial charge on any atom is -0.462 e. The zero-order valence-electron chi connectivity index (χ0n) is 19.7. The average molecular weight is 498 g/mol. The number of carbonyl (C=O) groups excluding carboxylic acids is 3. The molecule has 1 amide bonds. The SMILES string of the molecule is CCOC(=O)c1ccccc1NC(=O)Cn1cnc2sc(C(=O)OC3CCCCC3)c(C)c2c1=O. The van der Waals surface area contributed by atoms with Crippen LogP contribution in [0.1, 0.15) is 64.6 Å². The van der Waals surface area contributed by atoms with Gasteiger partial charge in [-0.3, -0.25) is 14.2 Å². The molecule has 1 aromatic carbocycles. The van der Waals surface area contributed by atoms with Crippen molar-refractivity contribution in [2.24, 2.45) is 0 Å². The predicted octanol–water partition coefficient (Wildman–Crippen LogP) is 4.07. The van der Waals surface area contributed by atoms with Crippen LogP contribution in [-0.4, -0.2) is 40.1 Å². The number of aryl methyl sites for hydroxylation is 1. The van der Waals surface area contributed by atoms with Crippen LogP contribution in [0.25, 0.3) is 10.2 Å². The maximum atomic E-state index is 13.1. The molecule has 0 saturated heterocycles. The molecule has 1 aliphatic carbocycles. The van der Waals surface area contributed by atoms with Crippen molar-refractivity contribution in [1.29, 1.82) is 0 Å². The number of anilines is 1. The van der Waals surface area contributed by atoms with Gasteiger partial charge in [-0.1, -0.05) is 18.6 Å². The summed E-state index contributed by atoms with van der Waals surface area (Å²) in [6, 6.07) is 6.48. The van der Waals surface area contributed by atoms with Crippen molar-refractivity contribution >= 4 is 45.1 Å². The maximum absolute atomic E-state index is 13.1. The highest BCUT2D eigenvalue weighted by atomic mass is 32.1. The Labute approximate surface area is 206 Å². The Kier molecular flexibility index (Phi) is 7.60. The molecular weight excluding hydrogens is 470 g/mol. The fraction of sp³-hybridized carbons (Fsp3) is 0.400. The average Bonchev–Trinajstić information content (AvgIpc) is 3.19. The number of ether oxygens (including phenoxy) is 2. The molecule has 4 rings (SSSR count).